The van der Waals surface area contributed by atoms with Gasteiger partial charge in [0.2, 0.25) is 0 Å². The molecule has 2 aromatic carbocycles. The van der Waals surface area contributed by atoms with Crippen LogP contribution in [0.25, 0.3) is 11.1 Å². The van der Waals surface area contributed by atoms with Gasteiger partial charge in [-0.15, -0.1) is 0 Å². The number of rotatable bonds is 9. The topological polar surface area (TPSA) is 94.7 Å². The van der Waals surface area contributed by atoms with Crippen LogP contribution in [0.1, 0.15) is 22.9 Å². The van der Waals surface area contributed by atoms with Crippen LogP contribution in [0.3, 0.4) is 0 Å². The summed E-state index contributed by atoms with van der Waals surface area (Å²) in [6, 6.07) is 18.9. The highest BCUT2D eigenvalue weighted by Gasteiger charge is 2.10. The molecule has 1 atom stereocenters. The molecule has 0 bridgehead atoms. The van der Waals surface area contributed by atoms with E-state index in [1.807, 2.05) is 42.5 Å². The van der Waals surface area contributed by atoms with E-state index in [9.17, 15) is 4.79 Å². The smallest absolute Gasteiger partial charge is 0.307 e. The number of aromatic nitrogens is 1. The van der Waals surface area contributed by atoms with Gasteiger partial charge in [-0.1, -0.05) is 36.4 Å². The van der Waals surface area contributed by atoms with Crippen LogP contribution < -0.4 is 10.5 Å². The first-order chi connectivity index (χ1) is 14.1. The Morgan fingerprint density at radius 2 is 1.90 bits per heavy atom. The number of hydrogen-bond donors (Lipinski definition) is 2. The number of carboxylic acid groups (broad SMARTS) is 1. The third-order valence-electron chi connectivity index (χ3n) is 4.50. The fourth-order valence-electron chi connectivity index (χ4n) is 3.07. The highest BCUT2D eigenvalue weighted by atomic mass is 16.5. The lowest BCUT2D eigenvalue weighted by atomic mass is 10.0. The van der Waals surface area contributed by atoms with Gasteiger partial charge in [0.1, 0.15) is 12.4 Å². The Labute approximate surface area is 169 Å². The molecule has 0 radical (unpaired) electrons. The zero-order valence-electron chi connectivity index (χ0n) is 16.2. The van der Waals surface area contributed by atoms with E-state index in [4.69, 9.17) is 20.3 Å². The second-order valence-electron chi connectivity index (χ2n) is 6.69. The van der Waals surface area contributed by atoms with Crippen LogP contribution in [0, 0.1) is 0 Å². The maximum absolute atomic E-state index is 11.0. The second kappa shape index (κ2) is 9.82. The van der Waals surface area contributed by atoms with Crippen LogP contribution in [0.4, 0.5) is 0 Å². The summed E-state index contributed by atoms with van der Waals surface area (Å²) in [5.74, 6) is -0.345. The normalized spacial score (nSPS) is 11.8. The van der Waals surface area contributed by atoms with Crippen LogP contribution in [-0.4, -0.2) is 29.8 Å². The van der Waals surface area contributed by atoms with E-state index in [2.05, 4.69) is 4.98 Å². The van der Waals surface area contributed by atoms with Crippen molar-refractivity contribution in [3.8, 4) is 16.9 Å². The number of ether oxygens (including phenoxy) is 2. The van der Waals surface area contributed by atoms with Crippen molar-refractivity contribution < 1.29 is 19.4 Å². The molecule has 0 amide bonds. The first kappa shape index (κ1) is 20.5. The van der Waals surface area contributed by atoms with Gasteiger partial charge in [-0.25, -0.2) is 0 Å². The number of carbonyl (C=O) groups is 1. The van der Waals surface area contributed by atoms with Gasteiger partial charge in [0.05, 0.1) is 24.8 Å². The zero-order valence-corrected chi connectivity index (χ0v) is 16.2. The fraction of sp³-hybridized carbons (Fsp3) is 0.217. The van der Waals surface area contributed by atoms with Crippen molar-refractivity contribution in [3.63, 3.8) is 0 Å². The van der Waals surface area contributed by atoms with Crippen LogP contribution in [0.15, 0.2) is 66.9 Å². The summed E-state index contributed by atoms with van der Waals surface area (Å²) in [5, 5.41) is 9.05. The summed E-state index contributed by atoms with van der Waals surface area (Å²) in [6.07, 6.45) is 1.65. The van der Waals surface area contributed by atoms with Crippen LogP contribution in [0.2, 0.25) is 0 Å². The van der Waals surface area contributed by atoms with E-state index in [0.717, 1.165) is 22.4 Å². The Hall–Kier alpha value is -3.22. The van der Waals surface area contributed by atoms with E-state index in [1.165, 1.54) is 0 Å². The van der Waals surface area contributed by atoms with Gasteiger partial charge in [-0.2, -0.15) is 0 Å². The molecule has 1 unspecified atom stereocenters. The quantitative estimate of drug-likeness (QED) is 0.578. The number of nitrogens with two attached hydrogens (primary N) is 1. The lowest BCUT2D eigenvalue weighted by Gasteiger charge is -2.13. The molecule has 1 aromatic heterocycles. The molecule has 1 heterocycles. The van der Waals surface area contributed by atoms with Gasteiger partial charge in [0.25, 0.3) is 0 Å². The van der Waals surface area contributed by atoms with Crippen molar-refractivity contribution in [1.82, 2.24) is 4.98 Å². The SMILES string of the molecule is COCC(N)c1cccc(-c2ccnc(COc3ccccc3CC(=O)O)c2)c1. The summed E-state index contributed by atoms with van der Waals surface area (Å²) in [4.78, 5) is 15.4. The monoisotopic (exact) mass is 392 g/mol. The summed E-state index contributed by atoms with van der Waals surface area (Å²) in [5.41, 5.74) is 10.6. The Kier molecular flexibility index (Phi) is 6.94. The highest BCUT2D eigenvalue weighted by Crippen LogP contribution is 2.24. The third-order valence-corrected chi connectivity index (χ3v) is 4.50. The minimum absolute atomic E-state index is 0.0852. The molecule has 150 valence electrons. The van der Waals surface area contributed by atoms with Gasteiger partial charge >= 0.3 is 5.97 Å². The highest BCUT2D eigenvalue weighted by molar-refractivity contribution is 5.71. The molecule has 0 aliphatic heterocycles. The summed E-state index contributed by atoms with van der Waals surface area (Å²) >= 11 is 0. The first-order valence-corrected chi connectivity index (χ1v) is 9.29. The molecule has 3 N–H and O–H groups in total. The summed E-state index contributed by atoms with van der Waals surface area (Å²) < 4.78 is 11.0. The van der Waals surface area contributed by atoms with Crippen LogP contribution in [-0.2, 0) is 22.6 Å². The van der Waals surface area contributed by atoms with Crippen molar-refractivity contribution in [2.24, 2.45) is 5.73 Å². The number of methoxy groups -OCH3 is 1. The molecule has 0 fully saturated rings. The average Bonchev–Trinajstić information content (AvgIpc) is 2.73. The molecule has 0 saturated heterocycles. The number of para-hydroxylation sites is 1. The summed E-state index contributed by atoms with van der Waals surface area (Å²) in [6.45, 7) is 0.696. The van der Waals surface area contributed by atoms with Gasteiger partial charge in [-0.3, -0.25) is 9.78 Å². The zero-order chi connectivity index (χ0) is 20.6. The number of carboxylic acids is 1. The second-order valence-corrected chi connectivity index (χ2v) is 6.69. The molecule has 3 aromatic rings. The van der Waals surface area contributed by atoms with Crippen molar-refractivity contribution >= 4 is 5.97 Å². The molecule has 0 aliphatic rings. The minimum atomic E-state index is -0.896. The number of hydrogen-bond acceptors (Lipinski definition) is 5. The molecular formula is C23H24N2O4. The molecule has 0 spiro atoms. The van der Waals surface area contributed by atoms with Gasteiger partial charge < -0.3 is 20.3 Å². The van der Waals surface area contributed by atoms with Crippen molar-refractivity contribution in [1.29, 1.82) is 0 Å². The predicted molar refractivity (Wildman–Crippen MR) is 111 cm³/mol. The standard InChI is InChI=1S/C23H24N2O4/c1-28-15-21(24)18-7-4-6-16(11-18)17-9-10-25-20(12-17)14-29-22-8-3-2-5-19(22)13-23(26)27/h2-12,21H,13-15,24H2,1H3,(H,26,27). The van der Waals surface area contributed by atoms with Crippen LogP contribution in [0.5, 0.6) is 5.75 Å². The Morgan fingerprint density at radius 1 is 1.10 bits per heavy atom. The van der Waals surface area contributed by atoms with Crippen molar-refractivity contribution in [3.05, 3.63) is 83.7 Å². The molecule has 29 heavy (non-hydrogen) atoms. The summed E-state index contributed by atoms with van der Waals surface area (Å²) in [7, 11) is 1.63. The average molecular weight is 392 g/mol. The van der Waals surface area contributed by atoms with Crippen LogP contribution >= 0.6 is 0 Å². The molecular weight excluding hydrogens is 368 g/mol. The van der Waals surface area contributed by atoms with E-state index in [-0.39, 0.29) is 19.1 Å². The lowest BCUT2D eigenvalue weighted by Crippen LogP contribution is -2.15. The minimum Gasteiger partial charge on any atom is -0.487 e. The largest absolute Gasteiger partial charge is 0.487 e. The maximum atomic E-state index is 11.0. The molecule has 0 aliphatic carbocycles. The Bertz CT molecular complexity index is 974. The maximum Gasteiger partial charge on any atom is 0.307 e. The van der Waals surface area contributed by atoms with Gasteiger partial charge in [0, 0.05) is 18.9 Å². The van der Waals surface area contributed by atoms with Crippen molar-refractivity contribution in [2.45, 2.75) is 19.1 Å². The lowest BCUT2D eigenvalue weighted by molar-refractivity contribution is -0.136. The van der Waals surface area contributed by atoms with E-state index >= 15 is 0 Å². The molecule has 6 nitrogen and oxygen atoms in total. The first-order valence-electron chi connectivity index (χ1n) is 9.29. The van der Waals surface area contributed by atoms with Gasteiger partial charge in [0.15, 0.2) is 0 Å². The van der Waals surface area contributed by atoms with E-state index in [0.29, 0.717) is 17.9 Å². The number of benzene rings is 2. The number of nitrogens with zero attached hydrogens (tertiary/aromatic N) is 1. The fourth-order valence-corrected chi connectivity index (χ4v) is 3.07. The third kappa shape index (κ3) is 5.63. The van der Waals surface area contributed by atoms with E-state index in [1.54, 1.807) is 31.5 Å². The Balaban J connectivity index is 1.76. The number of aliphatic carboxylic acids is 1. The molecule has 0 saturated carbocycles. The van der Waals surface area contributed by atoms with Crippen molar-refractivity contribution in [2.75, 3.05) is 13.7 Å². The molecule has 3 rings (SSSR count). The van der Waals surface area contributed by atoms with E-state index < -0.39 is 5.97 Å². The predicted octanol–water partition coefficient (Wildman–Crippen LogP) is 3.60. The molecule has 6 heteroatoms. The number of pyridine rings is 1. The van der Waals surface area contributed by atoms with Gasteiger partial charge in [-0.05, 0) is 41.0 Å². The Morgan fingerprint density at radius 3 is 2.69 bits per heavy atom.